The van der Waals surface area contributed by atoms with Crippen molar-refractivity contribution in [1.29, 1.82) is 0 Å². The van der Waals surface area contributed by atoms with Crippen molar-refractivity contribution in [2.24, 2.45) is 0 Å². The van der Waals surface area contributed by atoms with Crippen LogP contribution in [0.1, 0.15) is 0 Å². The zero-order valence-corrected chi connectivity index (χ0v) is 10.9. The van der Waals surface area contributed by atoms with E-state index in [0.717, 1.165) is 5.39 Å². The van der Waals surface area contributed by atoms with Gasteiger partial charge < -0.3 is 18.9 Å². The number of ether oxygens (including phenoxy) is 4. The number of benzene rings is 2. The molecular weight excluding hydrogens is 264 g/mol. The molecule has 0 unspecified atom stereocenters. The van der Waals surface area contributed by atoms with Crippen LogP contribution in [0, 0.1) is 0 Å². The van der Waals surface area contributed by atoms with Gasteiger partial charge in [0.1, 0.15) is 11.5 Å². The van der Waals surface area contributed by atoms with Crippen LogP contribution in [0.3, 0.4) is 0 Å². The highest BCUT2D eigenvalue weighted by molar-refractivity contribution is 5.91. The molecular formula is C14H12O6. The van der Waals surface area contributed by atoms with E-state index in [4.69, 9.17) is 9.47 Å². The average Bonchev–Trinajstić information content (AvgIpc) is 2.47. The summed E-state index contributed by atoms with van der Waals surface area (Å²) in [6.07, 6.45) is -1.60. The zero-order chi connectivity index (χ0) is 14.5. The number of methoxy groups -OCH3 is 2. The highest BCUT2D eigenvalue weighted by atomic mass is 16.7. The molecule has 0 N–H and O–H groups in total. The Balaban J connectivity index is 2.35. The second kappa shape index (κ2) is 5.92. The van der Waals surface area contributed by atoms with E-state index in [1.54, 1.807) is 36.4 Å². The highest BCUT2D eigenvalue weighted by Crippen LogP contribution is 2.29. The maximum absolute atomic E-state index is 11.1. The Morgan fingerprint density at radius 3 is 2.30 bits per heavy atom. The largest absolute Gasteiger partial charge is 0.513 e. The first kappa shape index (κ1) is 13.7. The third-order valence-corrected chi connectivity index (χ3v) is 2.54. The summed E-state index contributed by atoms with van der Waals surface area (Å²) in [5, 5.41) is 1.43. The van der Waals surface area contributed by atoms with E-state index < -0.39 is 12.3 Å². The maximum Gasteiger partial charge on any atom is 0.513 e. The lowest BCUT2D eigenvalue weighted by Gasteiger charge is -2.08. The van der Waals surface area contributed by atoms with E-state index in [9.17, 15) is 9.59 Å². The number of carbonyl (C=O) groups is 2. The van der Waals surface area contributed by atoms with Crippen LogP contribution in [0.15, 0.2) is 36.4 Å². The van der Waals surface area contributed by atoms with E-state index in [0.29, 0.717) is 16.9 Å². The molecule has 2 aromatic rings. The molecule has 0 radical (unpaired) electrons. The lowest BCUT2D eigenvalue weighted by atomic mass is 10.1. The molecule has 0 saturated carbocycles. The summed E-state index contributed by atoms with van der Waals surface area (Å²) in [4.78, 5) is 22.2. The van der Waals surface area contributed by atoms with Gasteiger partial charge in [0.25, 0.3) is 0 Å². The molecule has 104 valence electrons. The fraction of sp³-hybridized carbons (Fsp3) is 0.143. The molecule has 0 saturated heterocycles. The lowest BCUT2D eigenvalue weighted by Crippen LogP contribution is -2.08. The van der Waals surface area contributed by atoms with E-state index in [1.165, 1.54) is 14.2 Å². The Kier molecular flexibility index (Phi) is 4.05. The molecule has 0 aromatic heterocycles. The van der Waals surface area contributed by atoms with Gasteiger partial charge in [-0.25, -0.2) is 9.59 Å². The van der Waals surface area contributed by atoms with Crippen LogP contribution in [-0.4, -0.2) is 26.5 Å². The minimum absolute atomic E-state index is 0.333. The normalized spacial score (nSPS) is 9.90. The van der Waals surface area contributed by atoms with Crippen LogP contribution in [0.4, 0.5) is 9.59 Å². The molecule has 2 aromatic carbocycles. The Morgan fingerprint density at radius 1 is 0.900 bits per heavy atom. The highest BCUT2D eigenvalue weighted by Gasteiger charge is 2.10. The van der Waals surface area contributed by atoms with E-state index in [1.807, 2.05) is 0 Å². The van der Waals surface area contributed by atoms with Gasteiger partial charge in [-0.3, -0.25) is 0 Å². The Morgan fingerprint density at radius 2 is 1.60 bits per heavy atom. The molecule has 2 rings (SSSR count). The van der Waals surface area contributed by atoms with Gasteiger partial charge in [0.15, 0.2) is 0 Å². The number of hydrogen-bond donors (Lipinski definition) is 0. The summed E-state index contributed by atoms with van der Waals surface area (Å²) >= 11 is 0. The van der Waals surface area contributed by atoms with Crippen molar-refractivity contribution in [3.63, 3.8) is 0 Å². The SMILES string of the molecule is COC(=O)Oc1ccc2c(OC(=O)OC)cccc2c1. The van der Waals surface area contributed by atoms with Crippen LogP contribution in [-0.2, 0) is 9.47 Å². The molecule has 0 aliphatic carbocycles. The average molecular weight is 276 g/mol. The first-order valence-electron chi connectivity index (χ1n) is 5.68. The molecule has 6 nitrogen and oxygen atoms in total. The Bertz CT molecular complexity index is 649. The number of fused-ring (bicyclic) bond motifs is 1. The lowest BCUT2D eigenvalue weighted by molar-refractivity contribution is 0.121. The predicted octanol–water partition coefficient (Wildman–Crippen LogP) is 3.13. The van der Waals surface area contributed by atoms with Crippen molar-refractivity contribution in [1.82, 2.24) is 0 Å². The van der Waals surface area contributed by atoms with Crippen molar-refractivity contribution >= 4 is 23.1 Å². The molecule has 6 heteroatoms. The van der Waals surface area contributed by atoms with Crippen molar-refractivity contribution in [2.45, 2.75) is 0 Å². The predicted molar refractivity (Wildman–Crippen MR) is 70.0 cm³/mol. The minimum atomic E-state index is -0.800. The molecule has 0 fully saturated rings. The molecule has 0 bridgehead atoms. The summed E-state index contributed by atoms with van der Waals surface area (Å²) in [7, 11) is 2.46. The molecule has 0 aliphatic heterocycles. The van der Waals surface area contributed by atoms with E-state index in [-0.39, 0.29) is 0 Å². The summed E-state index contributed by atoms with van der Waals surface area (Å²) < 4.78 is 18.8. The first-order chi connectivity index (χ1) is 9.63. The third-order valence-electron chi connectivity index (χ3n) is 2.54. The molecule has 0 heterocycles. The van der Waals surface area contributed by atoms with Gasteiger partial charge in [-0.1, -0.05) is 12.1 Å². The molecule has 0 spiro atoms. The van der Waals surface area contributed by atoms with Crippen LogP contribution in [0.2, 0.25) is 0 Å². The van der Waals surface area contributed by atoms with E-state index in [2.05, 4.69) is 9.47 Å². The number of rotatable bonds is 2. The summed E-state index contributed by atoms with van der Waals surface area (Å²) in [5.41, 5.74) is 0. The van der Waals surface area contributed by atoms with Crippen LogP contribution >= 0.6 is 0 Å². The van der Waals surface area contributed by atoms with Gasteiger partial charge >= 0.3 is 12.3 Å². The fourth-order valence-corrected chi connectivity index (χ4v) is 1.65. The number of carbonyl (C=O) groups excluding carboxylic acids is 2. The maximum atomic E-state index is 11.1. The van der Waals surface area contributed by atoms with Gasteiger partial charge in [-0.2, -0.15) is 0 Å². The minimum Gasteiger partial charge on any atom is -0.437 e. The monoisotopic (exact) mass is 276 g/mol. The summed E-state index contributed by atoms with van der Waals surface area (Å²) in [6, 6.07) is 10.0. The Hall–Kier alpha value is -2.76. The van der Waals surface area contributed by atoms with Crippen molar-refractivity contribution in [3.05, 3.63) is 36.4 Å². The zero-order valence-electron chi connectivity index (χ0n) is 10.9. The molecule has 20 heavy (non-hydrogen) atoms. The van der Waals surface area contributed by atoms with Crippen LogP contribution in [0.5, 0.6) is 11.5 Å². The Labute approximate surface area is 114 Å². The van der Waals surface area contributed by atoms with Crippen molar-refractivity contribution in [2.75, 3.05) is 14.2 Å². The van der Waals surface area contributed by atoms with Crippen LogP contribution in [0.25, 0.3) is 10.8 Å². The third kappa shape index (κ3) is 2.97. The summed E-state index contributed by atoms with van der Waals surface area (Å²) in [6.45, 7) is 0. The molecule has 0 atom stereocenters. The molecule has 0 aliphatic rings. The summed E-state index contributed by atoms with van der Waals surface area (Å²) in [5.74, 6) is 0.693. The van der Waals surface area contributed by atoms with Gasteiger partial charge in [0.05, 0.1) is 14.2 Å². The van der Waals surface area contributed by atoms with Crippen LogP contribution < -0.4 is 9.47 Å². The second-order valence-corrected chi connectivity index (χ2v) is 3.75. The fourth-order valence-electron chi connectivity index (χ4n) is 1.65. The van der Waals surface area contributed by atoms with Gasteiger partial charge in [-0.05, 0) is 29.7 Å². The second-order valence-electron chi connectivity index (χ2n) is 3.75. The standard InChI is InChI=1S/C14H12O6/c1-17-13(15)19-10-6-7-11-9(8-10)4-3-5-12(11)20-14(16)18-2/h3-8H,1-2H3. The van der Waals surface area contributed by atoms with Crippen molar-refractivity contribution in [3.8, 4) is 11.5 Å². The molecule has 0 amide bonds. The van der Waals surface area contributed by atoms with Gasteiger partial charge in [-0.15, -0.1) is 0 Å². The van der Waals surface area contributed by atoms with Crippen molar-refractivity contribution < 1.29 is 28.5 Å². The van der Waals surface area contributed by atoms with E-state index >= 15 is 0 Å². The number of hydrogen-bond acceptors (Lipinski definition) is 6. The van der Waals surface area contributed by atoms with Gasteiger partial charge in [0.2, 0.25) is 0 Å². The quantitative estimate of drug-likeness (QED) is 0.620. The smallest absolute Gasteiger partial charge is 0.437 e. The topological polar surface area (TPSA) is 71.1 Å². The van der Waals surface area contributed by atoms with Gasteiger partial charge in [0, 0.05) is 5.39 Å². The first-order valence-corrected chi connectivity index (χ1v) is 5.68.